The quantitative estimate of drug-likeness (QED) is 0.191. The molecule has 0 fully saturated rings. The minimum absolute atomic E-state index is 0.118. The predicted octanol–water partition coefficient (Wildman–Crippen LogP) is 4.70. The van der Waals surface area contributed by atoms with Gasteiger partial charge in [0.25, 0.3) is 0 Å². The van der Waals surface area contributed by atoms with Crippen LogP contribution in [0, 0.1) is 0 Å². The molecule has 0 radical (unpaired) electrons. The molecule has 3 heterocycles. The first kappa shape index (κ1) is 22.9. The lowest BCUT2D eigenvalue weighted by Gasteiger charge is -2.17. The molecule has 0 saturated carbocycles. The zero-order valence-corrected chi connectivity index (χ0v) is 20.9. The van der Waals surface area contributed by atoms with Gasteiger partial charge in [0.15, 0.2) is 0 Å². The van der Waals surface area contributed by atoms with Gasteiger partial charge in [-0.2, -0.15) is 0 Å². The summed E-state index contributed by atoms with van der Waals surface area (Å²) in [6, 6.07) is 27.6. The fourth-order valence-electron chi connectivity index (χ4n) is 5.57. The zero-order chi connectivity index (χ0) is 26.7. The number of ether oxygens (including phenoxy) is 1. The van der Waals surface area contributed by atoms with E-state index in [0.717, 1.165) is 33.9 Å². The van der Waals surface area contributed by atoms with Gasteiger partial charge in [-0.05, 0) is 55.0 Å². The molecule has 2 aromatic heterocycles. The SMILES string of the molecule is CCn1c2ccccc2c2cc(/C=c3\c(=O)oc4ccccc4\c3=C3/C(=O)Oc4ccccc4C3=O)ccc21. The molecule has 4 aromatic carbocycles. The van der Waals surface area contributed by atoms with Gasteiger partial charge in [0.05, 0.1) is 10.8 Å². The van der Waals surface area contributed by atoms with Crippen LogP contribution in [-0.2, 0) is 11.3 Å². The predicted molar refractivity (Wildman–Crippen MR) is 150 cm³/mol. The summed E-state index contributed by atoms with van der Waals surface area (Å²) < 4.78 is 13.4. The first-order valence-electron chi connectivity index (χ1n) is 12.7. The van der Waals surface area contributed by atoms with Crippen molar-refractivity contribution >= 4 is 56.2 Å². The molecule has 0 atom stereocenters. The minimum atomic E-state index is -0.800. The van der Waals surface area contributed by atoms with Crippen LogP contribution in [0.4, 0.5) is 0 Å². The second-order valence-corrected chi connectivity index (χ2v) is 9.45. The number of para-hydroxylation sites is 3. The molecule has 6 aromatic rings. The molecule has 39 heavy (non-hydrogen) atoms. The number of fused-ring (bicyclic) bond motifs is 5. The van der Waals surface area contributed by atoms with Crippen molar-refractivity contribution in [2.24, 2.45) is 0 Å². The van der Waals surface area contributed by atoms with Crippen molar-refractivity contribution in [3.63, 3.8) is 0 Å². The van der Waals surface area contributed by atoms with E-state index in [1.807, 2.05) is 30.3 Å². The average Bonchev–Trinajstić information content (AvgIpc) is 3.27. The van der Waals surface area contributed by atoms with Crippen molar-refractivity contribution in [2.45, 2.75) is 13.5 Å². The first-order chi connectivity index (χ1) is 19.0. The smallest absolute Gasteiger partial charge is 0.348 e. The maximum Gasteiger partial charge on any atom is 0.348 e. The van der Waals surface area contributed by atoms with Crippen LogP contribution in [0.2, 0.25) is 0 Å². The van der Waals surface area contributed by atoms with Crippen LogP contribution in [0.3, 0.4) is 0 Å². The second kappa shape index (κ2) is 8.67. The fraction of sp³-hybridized carbons (Fsp3) is 0.0606. The number of ketones is 1. The van der Waals surface area contributed by atoms with Crippen LogP contribution in [0.15, 0.2) is 100 Å². The summed E-state index contributed by atoms with van der Waals surface area (Å²) in [7, 11) is 0. The standard InChI is InChI=1S/C33H21NO5/c1-2-34-25-12-6-3-9-20(25)23-17-19(15-16-26(23)34)18-24-29(21-10-4-7-13-27(21)38-32(24)36)30-31(35)22-11-5-8-14-28(22)39-33(30)37/h3-18H,2H2,1H3/b24-18-,30-29+. The van der Waals surface area contributed by atoms with Crippen LogP contribution < -0.4 is 20.8 Å². The van der Waals surface area contributed by atoms with Crippen LogP contribution >= 0.6 is 0 Å². The van der Waals surface area contributed by atoms with Crippen LogP contribution in [0.1, 0.15) is 22.8 Å². The average molecular weight is 512 g/mol. The molecule has 188 valence electrons. The van der Waals surface area contributed by atoms with E-state index < -0.39 is 17.4 Å². The number of benzene rings is 4. The van der Waals surface area contributed by atoms with E-state index in [-0.39, 0.29) is 32.9 Å². The Labute approximate surface area is 221 Å². The van der Waals surface area contributed by atoms with Crippen molar-refractivity contribution in [3.05, 3.63) is 123 Å². The lowest BCUT2D eigenvalue weighted by atomic mass is 9.95. The molecular formula is C33H21NO5. The van der Waals surface area contributed by atoms with Gasteiger partial charge in [-0.3, -0.25) is 4.79 Å². The number of Topliss-reactive ketones (excluding diaryl/α,β-unsaturated/α-hetero) is 1. The summed E-state index contributed by atoms with van der Waals surface area (Å²) in [4.78, 5) is 40.3. The van der Waals surface area contributed by atoms with Gasteiger partial charge in [-0.15, -0.1) is 0 Å². The number of hydrogen-bond donors (Lipinski definition) is 0. The Morgan fingerprint density at radius 2 is 1.49 bits per heavy atom. The summed E-state index contributed by atoms with van der Waals surface area (Å²) >= 11 is 0. The second-order valence-electron chi connectivity index (χ2n) is 9.45. The maximum absolute atomic E-state index is 13.7. The van der Waals surface area contributed by atoms with Gasteiger partial charge in [0.1, 0.15) is 16.9 Å². The molecule has 0 amide bonds. The molecule has 0 aliphatic carbocycles. The topological polar surface area (TPSA) is 78.5 Å². The first-order valence-corrected chi connectivity index (χ1v) is 12.7. The molecular weight excluding hydrogens is 490 g/mol. The molecule has 6 heteroatoms. The summed E-state index contributed by atoms with van der Waals surface area (Å²) in [5.74, 6) is -1.09. The van der Waals surface area contributed by atoms with Gasteiger partial charge in [-0.1, -0.05) is 54.6 Å². The highest BCUT2D eigenvalue weighted by Crippen LogP contribution is 2.30. The van der Waals surface area contributed by atoms with Crippen LogP contribution in [0.25, 0.3) is 44.4 Å². The number of esters is 1. The third-order valence-corrected chi connectivity index (χ3v) is 7.29. The van der Waals surface area contributed by atoms with Gasteiger partial charge in [-0.25, -0.2) is 9.59 Å². The third-order valence-electron chi connectivity index (χ3n) is 7.29. The van der Waals surface area contributed by atoms with Gasteiger partial charge in [0.2, 0.25) is 5.78 Å². The molecule has 0 spiro atoms. The lowest BCUT2D eigenvalue weighted by molar-refractivity contribution is -0.128. The fourth-order valence-corrected chi connectivity index (χ4v) is 5.57. The highest BCUT2D eigenvalue weighted by molar-refractivity contribution is 6.46. The Morgan fingerprint density at radius 1 is 0.769 bits per heavy atom. The Bertz CT molecular complexity index is 2200. The summed E-state index contributed by atoms with van der Waals surface area (Å²) in [5, 5.41) is 2.95. The van der Waals surface area contributed by atoms with Crippen molar-refractivity contribution in [2.75, 3.05) is 0 Å². The van der Waals surface area contributed by atoms with E-state index >= 15 is 0 Å². The molecule has 0 N–H and O–H groups in total. The third kappa shape index (κ3) is 3.45. The maximum atomic E-state index is 13.7. The van der Waals surface area contributed by atoms with Crippen molar-refractivity contribution < 1.29 is 18.7 Å². The normalized spacial score (nSPS) is 15.3. The lowest BCUT2D eigenvalue weighted by Crippen LogP contribution is -2.44. The molecule has 6 nitrogen and oxygen atoms in total. The summed E-state index contributed by atoms with van der Waals surface area (Å²) in [6.07, 6.45) is 1.68. The van der Waals surface area contributed by atoms with Crippen molar-refractivity contribution in [1.82, 2.24) is 4.57 Å². The molecule has 0 bridgehead atoms. The number of aromatic nitrogens is 1. The van der Waals surface area contributed by atoms with Gasteiger partial charge in [0, 0.05) is 39.0 Å². The number of rotatable bonds is 2. The molecule has 7 rings (SSSR count). The van der Waals surface area contributed by atoms with Gasteiger partial charge < -0.3 is 13.7 Å². The molecule has 0 unspecified atom stereocenters. The Morgan fingerprint density at radius 3 is 2.33 bits per heavy atom. The van der Waals surface area contributed by atoms with E-state index in [4.69, 9.17) is 9.15 Å². The van der Waals surface area contributed by atoms with Crippen molar-refractivity contribution in [3.8, 4) is 5.75 Å². The zero-order valence-electron chi connectivity index (χ0n) is 20.9. The highest BCUT2D eigenvalue weighted by Gasteiger charge is 2.32. The van der Waals surface area contributed by atoms with E-state index in [2.05, 4.69) is 23.6 Å². The number of aryl methyl sites for hydroxylation is 1. The van der Waals surface area contributed by atoms with Crippen LogP contribution in [0.5, 0.6) is 5.75 Å². The number of hydrogen-bond acceptors (Lipinski definition) is 5. The van der Waals surface area contributed by atoms with Gasteiger partial charge >= 0.3 is 11.6 Å². The van der Waals surface area contributed by atoms with Crippen molar-refractivity contribution in [1.29, 1.82) is 0 Å². The largest absolute Gasteiger partial charge is 0.422 e. The number of carbonyl (C=O) groups excluding carboxylic acids is 2. The molecule has 1 aliphatic heterocycles. The number of carbonyl (C=O) groups is 2. The van der Waals surface area contributed by atoms with E-state index in [0.29, 0.717) is 5.39 Å². The Kier molecular flexibility index (Phi) is 5.10. The van der Waals surface area contributed by atoms with E-state index in [9.17, 15) is 14.4 Å². The number of nitrogens with zero attached hydrogens (tertiary/aromatic N) is 1. The van der Waals surface area contributed by atoms with E-state index in [1.165, 1.54) is 0 Å². The summed E-state index contributed by atoms with van der Waals surface area (Å²) in [6.45, 7) is 2.92. The minimum Gasteiger partial charge on any atom is -0.422 e. The van der Waals surface area contributed by atoms with E-state index in [1.54, 1.807) is 54.6 Å². The highest BCUT2D eigenvalue weighted by atomic mass is 16.5. The molecule has 1 aliphatic rings. The Balaban J connectivity index is 1.60. The molecule has 0 saturated heterocycles. The monoisotopic (exact) mass is 511 g/mol. The summed E-state index contributed by atoms with van der Waals surface area (Å²) in [5.41, 5.74) is 2.66. The Hall–Kier alpha value is -5.23. The van der Waals surface area contributed by atoms with Crippen LogP contribution in [-0.4, -0.2) is 16.3 Å².